The van der Waals surface area contributed by atoms with Gasteiger partial charge in [0, 0.05) is 28.7 Å². The van der Waals surface area contributed by atoms with Crippen LogP contribution in [-0.2, 0) is 14.8 Å². The standard InChI is InChI=1S/C25H23N3O6S/c1-16-12-22(18(3)28(16)24-13-17(2)34-26-24)23(29)15-33-25(30)19-8-7-9-20(14-19)27-35(31,32)21-10-5-4-6-11-21/h4-14,27H,15H2,1-3H3. The van der Waals surface area contributed by atoms with Crippen LogP contribution >= 0.6 is 0 Å². The number of carbonyl (C=O) groups is 2. The van der Waals surface area contributed by atoms with E-state index in [4.69, 9.17) is 9.26 Å². The van der Waals surface area contributed by atoms with Crippen molar-refractivity contribution < 1.29 is 27.3 Å². The molecule has 2 aromatic carbocycles. The Bertz CT molecular complexity index is 1500. The van der Waals surface area contributed by atoms with Gasteiger partial charge in [0.15, 0.2) is 12.4 Å². The molecule has 0 unspecified atom stereocenters. The van der Waals surface area contributed by atoms with Crippen LogP contribution in [0.25, 0.3) is 5.82 Å². The SMILES string of the molecule is Cc1cc(-n2c(C)cc(C(=O)COC(=O)c3cccc(NS(=O)(=O)c4ccccc4)c3)c2C)no1. The number of ketones is 1. The van der Waals surface area contributed by atoms with Crippen LogP contribution in [0.4, 0.5) is 5.69 Å². The minimum atomic E-state index is -3.82. The van der Waals surface area contributed by atoms with Crippen LogP contribution in [0.2, 0.25) is 0 Å². The molecule has 0 saturated heterocycles. The summed E-state index contributed by atoms with van der Waals surface area (Å²) in [6.45, 7) is 4.91. The van der Waals surface area contributed by atoms with E-state index in [9.17, 15) is 18.0 Å². The van der Waals surface area contributed by atoms with E-state index < -0.39 is 22.6 Å². The van der Waals surface area contributed by atoms with Crippen LogP contribution in [0, 0.1) is 20.8 Å². The molecule has 4 rings (SSSR count). The average Bonchev–Trinajstić information content (AvgIpc) is 3.39. The van der Waals surface area contributed by atoms with Crippen LogP contribution in [0.3, 0.4) is 0 Å². The molecule has 10 heteroatoms. The number of aromatic nitrogens is 2. The zero-order chi connectivity index (χ0) is 25.2. The van der Waals surface area contributed by atoms with E-state index in [0.717, 1.165) is 5.69 Å². The third-order valence-corrected chi connectivity index (χ3v) is 6.71. The lowest BCUT2D eigenvalue weighted by molar-refractivity contribution is 0.0474. The van der Waals surface area contributed by atoms with Gasteiger partial charge in [0.25, 0.3) is 10.0 Å². The van der Waals surface area contributed by atoms with Crippen molar-refractivity contribution in [1.82, 2.24) is 9.72 Å². The lowest BCUT2D eigenvalue weighted by Crippen LogP contribution is -2.16. The number of Topliss-reactive ketones (excluding diaryl/α,β-unsaturated/α-hetero) is 1. The molecule has 0 saturated carbocycles. The number of hydrogen-bond acceptors (Lipinski definition) is 7. The van der Waals surface area contributed by atoms with E-state index in [-0.39, 0.29) is 21.9 Å². The summed E-state index contributed by atoms with van der Waals surface area (Å²) < 4.78 is 39.6. The normalized spacial score (nSPS) is 11.3. The van der Waals surface area contributed by atoms with E-state index in [0.29, 0.717) is 22.8 Å². The summed E-state index contributed by atoms with van der Waals surface area (Å²) in [4.78, 5) is 25.5. The van der Waals surface area contributed by atoms with Crippen LogP contribution in [-0.4, -0.2) is 36.5 Å². The smallest absolute Gasteiger partial charge is 0.338 e. The van der Waals surface area contributed by atoms with Crippen molar-refractivity contribution in [2.24, 2.45) is 0 Å². The number of nitrogens with zero attached hydrogens (tertiary/aromatic N) is 2. The topological polar surface area (TPSA) is 120 Å². The Labute approximate surface area is 202 Å². The molecule has 0 aliphatic carbocycles. The second-order valence-corrected chi connectivity index (χ2v) is 9.60. The van der Waals surface area contributed by atoms with E-state index >= 15 is 0 Å². The van der Waals surface area contributed by atoms with E-state index in [1.54, 1.807) is 48.7 Å². The van der Waals surface area contributed by atoms with Gasteiger partial charge in [0.05, 0.1) is 10.5 Å². The summed E-state index contributed by atoms with van der Waals surface area (Å²) in [5, 5.41) is 3.99. The predicted molar refractivity (Wildman–Crippen MR) is 128 cm³/mol. The molecule has 0 aliphatic rings. The third kappa shape index (κ3) is 5.17. The number of aryl methyl sites for hydroxylation is 2. The van der Waals surface area contributed by atoms with Crippen molar-refractivity contribution in [2.75, 3.05) is 11.3 Å². The number of esters is 1. The van der Waals surface area contributed by atoms with Crippen molar-refractivity contribution >= 4 is 27.5 Å². The number of hydrogen-bond donors (Lipinski definition) is 1. The summed E-state index contributed by atoms with van der Waals surface area (Å²) in [6.07, 6.45) is 0. The van der Waals surface area contributed by atoms with Crippen molar-refractivity contribution in [2.45, 2.75) is 25.7 Å². The Kier molecular flexibility index (Phi) is 6.57. The summed E-state index contributed by atoms with van der Waals surface area (Å²) >= 11 is 0. The fraction of sp³-hybridized carbons (Fsp3) is 0.160. The quantitative estimate of drug-likeness (QED) is 0.288. The predicted octanol–water partition coefficient (Wildman–Crippen LogP) is 4.23. The van der Waals surface area contributed by atoms with Gasteiger partial charge in [0.2, 0.25) is 5.78 Å². The largest absolute Gasteiger partial charge is 0.454 e. The van der Waals surface area contributed by atoms with Gasteiger partial charge >= 0.3 is 5.97 Å². The van der Waals surface area contributed by atoms with Gasteiger partial charge in [0.1, 0.15) is 5.76 Å². The number of sulfonamides is 1. The first-order chi connectivity index (χ1) is 16.7. The lowest BCUT2D eigenvalue weighted by atomic mass is 10.1. The summed E-state index contributed by atoms with van der Waals surface area (Å²) in [6, 6.07) is 17.2. The third-order valence-electron chi connectivity index (χ3n) is 5.31. The molecule has 2 aromatic heterocycles. The van der Waals surface area contributed by atoms with E-state index in [1.807, 2.05) is 6.92 Å². The number of nitrogens with one attached hydrogen (secondary N) is 1. The van der Waals surface area contributed by atoms with Crippen molar-refractivity contribution in [1.29, 1.82) is 0 Å². The molecule has 0 amide bonds. The highest BCUT2D eigenvalue weighted by atomic mass is 32.2. The first kappa shape index (κ1) is 24.0. The molecule has 0 fully saturated rings. The fourth-order valence-electron chi connectivity index (χ4n) is 3.67. The molecule has 180 valence electrons. The molecule has 9 nitrogen and oxygen atoms in total. The summed E-state index contributed by atoms with van der Waals surface area (Å²) in [7, 11) is -3.82. The molecule has 2 heterocycles. The van der Waals surface area contributed by atoms with Crippen molar-refractivity contribution in [3.8, 4) is 5.82 Å². The lowest BCUT2D eigenvalue weighted by Gasteiger charge is -2.10. The number of ether oxygens (including phenoxy) is 1. The Morgan fingerprint density at radius 3 is 2.43 bits per heavy atom. The van der Waals surface area contributed by atoms with E-state index in [2.05, 4.69) is 9.88 Å². The van der Waals surface area contributed by atoms with Gasteiger partial charge in [-0.1, -0.05) is 29.4 Å². The Morgan fingerprint density at radius 2 is 1.74 bits per heavy atom. The molecule has 0 spiro atoms. The van der Waals surface area contributed by atoms with Gasteiger partial charge in [-0.25, -0.2) is 13.2 Å². The highest BCUT2D eigenvalue weighted by Gasteiger charge is 2.20. The minimum Gasteiger partial charge on any atom is -0.454 e. The zero-order valence-electron chi connectivity index (χ0n) is 19.3. The maximum absolute atomic E-state index is 12.8. The molecule has 0 radical (unpaired) electrons. The summed E-state index contributed by atoms with van der Waals surface area (Å²) in [5.41, 5.74) is 2.13. The Morgan fingerprint density at radius 1 is 1.00 bits per heavy atom. The Hall–Kier alpha value is -4.18. The first-order valence-corrected chi connectivity index (χ1v) is 12.1. The molecule has 0 bridgehead atoms. The van der Waals surface area contributed by atoms with Gasteiger partial charge in [-0.15, -0.1) is 0 Å². The van der Waals surface area contributed by atoms with Crippen molar-refractivity contribution in [3.63, 3.8) is 0 Å². The molecular formula is C25H23N3O6S. The van der Waals surface area contributed by atoms with Gasteiger partial charge in [-0.2, -0.15) is 0 Å². The maximum atomic E-state index is 12.8. The zero-order valence-corrected chi connectivity index (χ0v) is 20.1. The number of anilines is 1. The molecule has 1 N–H and O–H groups in total. The van der Waals surface area contributed by atoms with Gasteiger partial charge < -0.3 is 9.26 Å². The maximum Gasteiger partial charge on any atom is 0.338 e. The molecular weight excluding hydrogens is 470 g/mol. The molecule has 35 heavy (non-hydrogen) atoms. The summed E-state index contributed by atoms with van der Waals surface area (Å²) in [5.74, 6) is 0.0739. The molecule has 0 atom stereocenters. The van der Waals surface area contributed by atoms with Crippen LogP contribution in [0.1, 0.15) is 37.9 Å². The molecule has 0 aliphatic heterocycles. The second kappa shape index (κ2) is 9.59. The highest BCUT2D eigenvalue weighted by Crippen LogP contribution is 2.22. The Balaban J connectivity index is 1.44. The highest BCUT2D eigenvalue weighted by molar-refractivity contribution is 7.92. The van der Waals surface area contributed by atoms with Gasteiger partial charge in [-0.05, 0) is 57.2 Å². The average molecular weight is 494 g/mol. The first-order valence-electron chi connectivity index (χ1n) is 10.7. The van der Waals surface area contributed by atoms with Crippen LogP contribution < -0.4 is 4.72 Å². The van der Waals surface area contributed by atoms with Crippen LogP contribution in [0.5, 0.6) is 0 Å². The minimum absolute atomic E-state index is 0.0944. The van der Waals surface area contributed by atoms with Crippen molar-refractivity contribution in [3.05, 3.63) is 95.0 Å². The van der Waals surface area contributed by atoms with Crippen LogP contribution in [0.15, 0.2) is 76.1 Å². The van der Waals surface area contributed by atoms with E-state index in [1.165, 1.54) is 36.4 Å². The molecule has 4 aromatic rings. The fourth-order valence-corrected chi connectivity index (χ4v) is 4.74. The monoisotopic (exact) mass is 493 g/mol. The second-order valence-electron chi connectivity index (χ2n) is 7.91. The number of benzene rings is 2. The number of carbonyl (C=O) groups excluding carboxylic acids is 2. The van der Waals surface area contributed by atoms with Gasteiger partial charge in [-0.3, -0.25) is 14.1 Å². The number of rotatable bonds is 8.